The van der Waals surface area contributed by atoms with Crippen LogP contribution >= 0.6 is 15.9 Å². The summed E-state index contributed by atoms with van der Waals surface area (Å²) in [7, 11) is 0. The quantitative estimate of drug-likeness (QED) is 0.779. The van der Waals surface area contributed by atoms with Gasteiger partial charge in [-0.15, -0.1) is 0 Å². The lowest BCUT2D eigenvalue weighted by molar-refractivity contribution is 0.563. The van der Waals surface area contributed by atoms with Gasteiger partial charge in [-0.25, -0.2) is 0 Å². The van der Waals surface area contributed by atoms with Crippen LogP contribution in [0.3, 0.4) is 0 Å². The number of aryl methyl sites for hydroxylation is 1. The molecule has 0 bridgehead atoms. The zero-order valence-corrected chi connectivity index (χ0v) is 12.9. The molecule has 98 valence electrons. The smallest absolute Gasteiger partial charge is 0.0536 e. The van der Waals surface area contributed by atoms with E-state index in [4.69, 9.17) is 0 Å². The molecule has 0 aromatic heterocycles. The highest BCUT2D eigenvalue weighted by Gasteiger charge is 2.17. The van der Waals surface area contributed by atoms with Crippen molar-refractivity contribution in [2.75, 3.05) is 6.54 Å². The minimum atomic E-state index is 0.395. The first-order valence-electron chi connectivity index (χ1n) is 6.90. The van der Waals surface area contributed by atoms with Gasteiger partial charge in [-0.05, 0) is 62.4 Å². The van der Waals surface area contributed by atoms with E-state index in [0.29, 0.717) is 6.04 Å². The van der Waals surface area contributed by atoms with Crippen molar-refractivity contribution in [2.45, 2.75) is 45.6 Å². The van der Waals surface area contributed by atoms with Crippen molar-refractivity contribution >= 4 is 15.9 Å². The Morgan fingerprint density at radius 3 is 2.72 bits per heavy atom. The molecule has 1 unspecified atom stereocenters. The third-order valence-electron chi connectivity index (χ3n) is 3.50. The van der Waals surface area contributed by atoms with Crippen LogP contribution in [0.5, 0.6) is 0 Å². The largest absolute Gasteiger partial charge is 0.307 e. The van der Waals surface area contributed by atoms with Crippen LogP contribution in [-0.2, 0) is 0 Å². The Morgan fingerprint density at radius 2 is 2.11 bits per heavy atom. The molecule has 2 heteroatoms. The molecule has 0 radical (unpaired) electrons. The molecule has 0 spiro atoms. The SMILES string of the molecule is CCNC(C1=CCCCC1)c1cc(C)cc(Br)c1. The second kappa shape index (κ2) is 6.53. The number of hydrogen-bond donors (Lipinski definition) is 1. The Morgan fingerprint density at radius 1 is 1.28 bits per heavy atom. The van der Waals surface area contributed by atoms with Gasteiger partial charge in [0.05, 0.1) is 6.04 Å². The molecule has 18 heavy (non-hydrogen) atoms. The van der Waals surface area contributed by atoms with Gasteiger partial charge in [0.15, 0.2) is 0 Å². The van der Waals surface area contributed by atoms with Crippen molar-refractivity contribution in [1.29, 1.82) is 0 Å². The maximum atomic E-state index is 3.63. The van der Waals surface area contributed by atoms with Gasteiger partial charge in [-0.2, -0.15) is 0 Å². The lowest BCUT2D eigenvalue weighted by Crippen LogP contribution is -2.23. The number of allylic oxidation sites excluding steroid dienone is 1. The molecular weight excluding hydrogens is 286 g/mol. The van der Waals surface area contributed by atoms with E-state index in [1.165, 1.54) is 41.3 Å². The molecule has 2 rings (SSSR count). The Balaban J connectivity index is 2.31. The fourth-order valence-electron chi connectivity index (χ4n) is 2.72. The van der Waals surface area contributed by atoms with Gasteiger partial charge in [-0.1, -0.05) is 40.6 Å². The molecule has 1 aliphatic carbocycles. The van der Waals surface area contributed by atoms with Crippen molar-refractivity contribution in [3.8, 4) is 0 Å². The third-order valence-corrected chi connectivity index (χ3v) is 3.96. The van der Waals surface area contributed by atoms with Gasteiger partial charge in [0.25, 0.3) is 0 Å². The van der Waals surface area contributed by atoms with Crippen LogP contribution in [0.2, 0.25) is 0 Å². The van der Waals surface area contributed by atoms with Crippen LogP contribution in [-0.4, -0.2) is 6.54 Å². The molecule has 0 amide bonds. The van der Waals surface area contributed by atoms with E-state index >= 15 is 0 Å². The zero-order valence-electron chi connectivity index (χ0n) is 11.3. The predicted octanol–water partition coefficient (Wildman–Crippen LogP) is 4.91. The normalized spacial score (nSPS) is 17.4. The summed E-state index contributed by atoms with van der Waals surface area (Å²) >= 11 is 3.61. The molecule has 0 aliphatic heterocycles. The van der Waals surface area contributed by atoms with E-state index in [1.807, 2.05) is 0 Å². The van der Waals surface area contributed by atoms with E-state index in [0.717, 1.165) is 6.54 Å². The average molecular weight is 308 g/mol. The minimum absolute atomic E-state index is 0.395. The first-order valence-corrected chi connectivity index (χ1v) is 7.69. The van der Waals surface area contributed by atoms with Gasteiger partial charge in [0.1, 0.15) is 0 Å². The van der Waals surface area contributed by atoms with E-state index in [-0.39, 0.29) is 0 Å². The van der Waals surface area contributed by atoms with Gasteiger partial charge in [0.2, 0.25) is 0 Å². The summed E-state index contributed by atoms with van der Waals surface area (Å²) in [6.45, 7) is 5.35. The summed E-state index contributed by atoms with van der Waals surface area (Å²) in [5, 5.41) is 3.63. The molecule has 1 aliphatic rings. The topological polar surface area (TPSA) is 12.0 Å². The highest BCUT2D eigenvalue weighted by atomic mass is 79.9. The van der Waals surface area contributed by atoms with Crippen LogP contribution < -0.4 is 5.32 Å². The van der Waals surface area contributed by atoms with Crippen molar-refractivity contribution in [3.05, 3.63) is 45.4 Å². The highest BCUT2D eigenvalue weighted by molar-refractivity contribution is 9.10. The summed E-state index contributed by atoms with van der Waals surface area (Å²) in [5.74, 6) is 0. The summed E-state index contributed by atoms with van der Waals surface area (Å²) in [6.07, 6.45) is 7.60. The van der Waals surface area contributed by atoms with Gasteiger partial charge in [-0.3, -0.25) is 0 Å². The fraction of sp³-hybridized carbons (Fsp3) is 0.500. The second-order valence-electron chi connectivity index (χ2n) is 5.08. The molecule has 1 nitrogen and oxygen atoms in total. The Bertz CT molecular complexity index is 416. The third kappa shape index (κ3) is 3.46. The van der Waals surface area contributed by atoms with Crippen LogP contribution in [0, 0.1) is 6.92 Å². The molecular formula is C16H22BrN. The van der Waals surface area contributed by atoms with Crippen molar-refractivity contribution in [1.82, 2.24) is 5.32 Å². The monoisotopic (exact) mass is 307 g/mol. The Hall–Kier alpha value is -0.600. The van der Waals surface area contributed by atoms with Crippen LogP contribution in [0.1, 0.15) is 49.8 Å². The van der Waals surface area contributed by atoms with Crippen molar-refractivity contribution in [2.24, 2.45) is 0 Å². The van der Waals surface area contributed by atoms with Crippen LogP contribution in [0.15, 0.2) is 34.3 Å². The molecule has 0 heterocycles. The lowest BCUT2D eigenvalue weighted by Gasteiger charge is -2.25. The fourth-order valence-corrected chi connectivity index (χ4v) is 3.35. The first kappa shape index (κ1) is 13.8. The number of hydrogen-bond acceptors (Lipinski definition) is 1. The molecule has 1 aromatic rings. The summed E-state index contributed by atoms with van der Waals surface area (Å²) in [6, 6.07) is 7.11. The van der Waals surface area contributed by atoms with E-state index < -0.39 is 0 Å². The molecule has 1 aromatic carbocycles. The average Bonchev–Trinajstić information content (AvgIpc) is 2.36. The minimum Gasteiger partial charge on any atom is -0.307 e. The molecule has 0 saturated heterocycles. The van der Waals surface area contributed by atoms with Gasteiger partial charge >= 0.3 is 0 Å². The van der Waals surface area contributed by atoms with Crippen molar-refractivity contribution < 1.29 is 0 Å². The van der Waals surface area contributed by atoms with Crippen LogP contribution in [0.4, 0.5) is 0 Å². The summed E-state index contributed by atoms with van der Waals surface area (Å²) < 4.78 is 1.18. The second-order valence-corrected chi connectivity index (χ2v) is 5.99. The van der Waals surface area contributed by atoms with Gasteiger partial charge < -0.3 is 5.32 Å². The molecule has 1 atom stereocenters. The number of likely N-dealkylation sites (N-methyl/N-ethyl adjacent to an activating group) is 1. The Kier molecular flexibility index (Phi) is 5.02. The predicted molar refractivity (Wildman–Crippen MR) is 81.8 cm³/mol. The standard InChI is InChI=1S/C16H22BrN/c1-3-18-16(13-7-5-4-6-8-13)14-9-12(2)10-15(17)11-14/h7,9-11,16,18H,3-6,8H2,1-2H3. The summed E-state index contributed by atoms with van der Waals surface area (Å²) in [4.78, 5) is 0. The molecule has 0 fully saturated rings. The lowest BCUT2D eigenvalue weighted by atomic mass is 9.89. The maximum absolute atomic E-state index is 3.63. The molecule has 0 saturated carbocycles. The van der Waals surface area contributed by atoms with Crippen molar-refractivity contribution in [3.63, 3.8) is 0 Å². The number of benzene rings is 1. The highest BCUT2D eigenvalue weighted by Crippen LogP contribution is 2.31. The van der Waals surface area contributed by atoms with E-state index in [1.54, 1.807) is 5.57 Å². The Labute approximate surface area is 119 Å². The number of rotatable bonds is 4. The molecule has 1 N–H and O–H groups in total. The first-order chi connectivity index (χ1) is 8.70. The number of nitrogens with one attached hydrogen (secondary N) is 1. The van der Waals surface area contributed by atoms with Crippen LogP contribution in [0.25, 0.3) is 0 Å². The summed E-state index contributed by atoms with van der Waals surface area (Å²) in [5.41, 5.74) is 4.27. The van der Waals surface area contributed by atoms with E-state index in [9.17, 15) is 0 Å². The number of halogens is 1. The van der Waals surface area contributed by atoms with Gasteiger partial charge in [0, 0.05) is 4.47 Å². The maximum Gasteiger partial charge on any atom is 0.0536 e. The zero-order chi connectivity index (χ0) is 13.0. The van der Waals surface area contributed by atoms with E-state index in [2.05, 4.69) is 59.4 Å².